The van der Waals surface area contributed by atoms with Gasteiger partial charge >= 0.3 is 0 Å². The molecule has 8 heteroatoms. The first-order valence-corrected chi connectivity index (χ1v) is 10.6. The highest BCUT2D eigenvalue weighted by atomic mass is 32.1. The number of carbonyl (C=O) groups excluding carboxylic acids is 2. The Balaban J connectivity index is 1.30. The van der Waals surface area contributed by atoms with E-state index in [9.17, 15) is 9.59 Å². The van der Waals surface area contributed by atoms with E-state index < -0.39 is 0 Å². The second-order valence-electron chi connectivity index (χ2n) is 8.16. The lowest BCUT2D eigenvalue weighted by atomic mass is 9.73. The Hall–Kier alpha value is -2.19. The maximum atomic E-state index is 13.1. The van der Waals surface area contributed by atoms with Crippen molar-refractivity contribution in [3.63, 3.8) is 0 Å². The Labute approximate surface area is 167 Å². The van der Waals surface area contributed by atoms with Crippen molar-refractivity contribution in [2.45, 2.75) is 38.4 Å². The van der Waals surface area contributed by atoms with Gasteiger partial charge in [0.1, 0.15) is 10.6 Å². The molecule has 2 aromatic heterocycles. The molecule has 2 bridgehead atoms. The van der Waals surface area contributed by atoms with Crippen LogP contribution in [0.2, 0.25) is 0 Å². The molecule has 5 rings (SSSR count). The Morgan fingerprint density at radius 3 is 3.04 bits per heavy atom. The van der Waals surface area contributed by atoms with Crippen molar-refractivity contribution in [3.8, 4) is 0 Å². The fourth-order valence-electron chi connectivity index (χ4n) is 5.27. The molecule has 148 valence electrons. The van der Waals surface area contributed by atoms with Crippen LogP contribution in [0, 0.1) is 25.7 Å². The van der Waals surface area contributed by atoms with Gasteiger partial charge in [0.15, 0.2) is 0 Å². The number of aryl methyl sites for hydroxylation is 2. The monoisotopic (exact) mass is 400 g/mol. The third-order valence-corrected chi connectivity index (χ3v) is 7.57. The van der Waals surface area contributed by atoms with Crippen molar-refractivity contribution in [3.05, 3.63) is 39.6 Å². The van der Waals surface area contributed by atoms with Crippen LogP contribution in [0.4, 0.5) is 0 Å². The van der Waals surface area contributed by atoms with Crippen molar-refractivity contribution in [2.75, 3.05) is 19.6 Å². The van der Waals surface area contributed by atoms with Crippen LogP contribution in [-0.2, 0) is 4.74 Å². The Bertz CT molecular complexity index is 924. The molecule has 2 amide bonds. The maximum Gasteiger partial charge on any atom is 0.267 e. The molecular formula is C20H24N4O3S. The fraction of sp³-hybridized carbons (Fsp3) is 0.550. The van der Waals surface area contributed by atoms with Gasteiger partial charge in [-0.15, -0.1) is 11.3 Å². The SMILES string of the molecule is Cc1nc(C)c(C(=O)N2C[C@@H]3[C@H](CNC(=O)c4ccc[nH]4)[C@H]4CC[C@]3(C2)O4)s1. The van der Waals surface area contributed by atoms with Crippen LogP contribution in [0.3, 0.4) is 0 Å². The number of aromatic nitrogens is 2. The number of thiazole rings is 1. The Morgan fingerprint density at radius 2 is 2.32 bits per heavy atom. The van der Waals surface area contributed by atoms with Crippen LogP contribution in [0.5, 0.6) is 0 Å². The average molecular weight is 401 g/mol. The van der Waals surface area contributed by atoms with Gasteiger partial charge < -0.3 is 19.9 Å². The first kappa shape index (κ1) is 17.9. The van der Waals surface area contributed by atoms with Gasteiger partial charge in [0.25, 0.3) is 11.8 Å². The van der Waals surface area contributed by atoms with E-state index in [1.165, 1.54) is 11.3 Å². The average Bonchev–Trinajstić information content (AvgIpc) is 3.45. The van der Waals surface area contributed by atoms with Crippen molar-refractivity contribution in [2.24, 2.45) is 11.8 Å². The zero-order valence-corrected chi connectivity index (χ0v) is 16.8. The lowest BCUT2D eigenvalue weighted by Crippen LogP contribution is -2.42. The summed E-state index contributed by atoms with van der Waals surface area (Å²) < 4.78 is 6.41. The molecule has 3 saturated heterocycles. The van der Waals surface area contributed by atoms with Gasteiger partial charge in [-0.05, 0) is 38.8 Å². The van der Waals surface area contributed by atoms with Crippen molar-refractivity contribution in [1.82, 2.24) is 20.2 Å². The third-order valence-electron chi connectivity index (χ3n) is 6.51. The van der Waals surface area contributed by atoms with E-state index >= 15 is 0 Å². The number of nitrogens with one attached hydrogen (secondary N) is 2. The topological polar surface area (TPSA) is 87.3 Å². The van der Waals surface area contributed by atoms with E-state index in [-0.39, 0.29) is 35.4 Å². The van der Waals surface area contributed by atoms with E-state index in [4.69, 9.17) is 4.74 Å². The van der Waals surface area contributed by atoms with Crippen LogP contribution in [0.1, 0.15) is 43.7 Å². The van der Waals surface area contributed by atoms with Gasteiger partial charge in [-0.3, -0.25) is 9.59 Å². The fourth-order valence-corrected chi connectivity index (χ4v) is 6.16. The summed E-state index contributed by atoms with van der Waals surface area (Å²) in [6.45, 7) is 5.74. The summed E-state index contributed by atoms with van der Waals surface area (Å²) in [5, 5.41) is 3.96. The highest BCUT2D eigenvalue weighted by Crippen LogP contribution is 2.54. The lowest BCUT2D eigenvalue weighted by molar-refractivity contribution is 0.00321. The number of rotatable bonds is 4. The van der Waals surface area contributed by atoms with E-state index in [0.29, 0.717) is 25.3 Å². The Kier molecular flexibility index (Phi) is 4.10. The van der Waals surface area contributed by atoms with Crippen molar-refractivity contribution < 1.29 is 14.3 Å². The minimum absolute atomic E-state index is 0.0631. The molecule has 3 aliphatic heterocycles. The number of hydrogen-bond acceptors (Lipinski definition) is 5. The molecule has 2 aromatic rings. The molecule has 3 fully saturated rings. The number of H-pyrrole nitrogens is 1. The third kappa shape index (κ3) is 2.69. The summed E-state index contributed by atoms with van der Waals surface area (Å²) in [5.41, 5.74) is 1.13. The summed E-state index contributed by atoms with van der Waals surface area (Å²) in [6, 6.07) is 3.58. The smallest absolute Gasteiger partial charge is 0.267 e. The molecule has 0 saturated carbocycles. The number of ether oxygens (including phenoxy) is 1. The first-order chi connectivity index (χ1) is 13.5. The number of hydrogen-bond donors (Lipinski definition) is 2. The molecule has 5 heterocycles. The quantitative estimate of drug-likeness (QED) is 0.823. The number of nitrogens with zero attached hydrogens (tertiary/aromatic N) is 2. The molecule has 4 atom stereocenters. The number of aromatic amines is 1. The van der Waals surface area contributed by atoms with E-state index in [1.807, 2.05) is 24.8 Å². The highest BCUT2D eigenvalue weighted by Gasteiger charge is 2.63. The van der Waals surface area contributed by atoms with Crippen molar-refractivity contribution >= 4 is 23.2 Å². The molecule has 0 aromatic carbocycles. The minimum atomic E-state index is -0.240. The number of carbonyl (C=O) groups is 2. The Morgan fingerprint density at radius 1 is 1.46 bits per heavy atom. The van der Waals surface area contributed by atoms with Crippen LogP contribution in [0.15, 0.2) is 18.3 Å². The molecule has 2 N–H and O–H groups in total. The van der Waals surface area contributed by atoms with E-state index in [0.717, 1.165) is 28.4 Å². The summed E-state index contributed by atoms with van der Waals surface area (Å²) >= 11 is 1.46. The van der Waals surface area contributed by atoms with Gasteiger partial charge in [0.05, 0.1) is 29.0 Å². The predicted octanol–water partition coefficient (Wildman–Crippen LogP) is 2.14. The highest BCUT2D eigenvalue weighted by molar-refractivity contribution is 7.13. The zero-order chi connectivity index (χ0) is 19.5. The largest absolute Gasteiger partial charge is 0.369 e. The van der Waals surface area contributed by atoms with Crippen molar-refractivity contribution in [1.29, 1.82) is 0 Å². The second kappa shape index (κ2) is 6.42. The lowest BCUT2D eigenvalue weighted by Gasteiger charge is -2.29. The second-order valence-corrected chi connectivity index (χ2v) is 9.36. The summed E-state index contributed by atoms with van der Waals surface area (Å²) in [4.78, 5) is 35.4. The van der Waals surface area contributed by atoms with Crippen LogP contribution < -0.4 is 5.32 Å². The molecule has 0 radical (unpaired) electrons. The number of amides is 2. The number of fused-ring (bicyclic) bond motifs is 1. The standard InChI is InChI=1S/C20H24N4O3S/c1-11-17(28-12(2)23-11)19(26)24-9-14-13(16-5-6-20(14,10-24)27-16)8-22-18(25)15-4-3-7-21-15/h3-4,7,13-14,16,21H,5-6,8-10H2,1-2H3,(H,22,25)/t13-,14+,16+,20+/m0/s1. The molecule has 0 aliphatic carbocycles. The molecular weight excluding hydrogens is 376 g/mol. The van der Waals surface area contributed by atoms with E-state index in [2.05, 4.69) is 15.3 Å². The number of likely N-dealkylation sites (tertiary alicyclic amines) is 1. The predicted molar refractivity (Wildman–Crippen MR) is 104 cm³/mol. The molecule has 3 aliphatic rings. The van der Waals surface area contributed by atoms with Crippen LogP contribution in [0.25, 0.3) is 0 Å². The van der Waals surface area contributed by atoms with Gasteiger partial charge in [0, 0.05) is 31.1 Å². The molecule has 28 heavy (non-hydrogen) atoms. The minimum Gasteiger partial charge on any atom is -0.369 e. The van der Waals surface area contributed by atoms with Crippen LogP contribution in [-0.4, -0.2) is 58.0 Å². The molecule has 7 nitrogen and oxygen atoms in total. The van der Waals surface area contributed by atoms with Gasteiger partial charge in [0.2, 0.25) is 0 Å². The summed E-state index contributed by atoms with van der Waals surface area (Å²) in [7, 11) is 0. The van der Waals surface area contributed by atoms with Crippen LogP contribution >= 0.6 is 11.3 Å². The molecule has 0 unspecified atom stereocenters. The first-order valence-electron chi connectivity index (χ1n) is 9.79. The van der Waals surface area contributed by atoms with Gasteiger partial charge in [-0.1, -0.05) is 0 Å². The van der Waals surface area contributed by atoms with E-state index in [1.54, 1.807) is 12.3 Å². The van der Waals surface area contributed by atoms with Gasteiger partial charge in [-0.25, -0.2) is 4.98 Å². The normalized spacial score (nSPS) is 30.6. The summed E-state index contributed by atoms with van der Waals surface area (Å²) in [5.74, 6) is 0.486. The van der Waals surface area contributed by atoms with Gasteiger partial charge in [-0.2, -0.15) is 0 Å². The summed E-state index contributed by atoms with van der Waals surface area (Å²) in [6.07, 6.45) is 3.92. The maximum absolute atomic E-state index is 13.1. The zero-order valence-electron chi connectivity index (χ0n) is 16.0. The molecule has 1 spiro atoms.